The van der Waals surface area contributed by atoms with Crippen LogP contribution in [0.15, 0.2) is 54.6 Å². The largest absolute Gasteiger partial charge is 0.508 e. The predicted molar refractivity (Wildman–Crippen MR) is 113 cm³/mol. The molecule has 0 unspecified atom stereocenters. The summed E-state index contributed by atoms with van der Waals surface area (Å²) in [4.78, 5) is 29.9. The molecule has 0 amide bonds. The van der Waals surface area contributed by atoms with Gasteiger partial charge in [0.25, 0.3) is 5.69 Å². The number of carbonyl (C=O) groups is 1. The maximum atomic E-state index is 12.4. The SMILES string of the molecule is O=C(/C=C/c1cc(N2CCOCC2)c2cc([N+](=O)[O-])ccc2n1)c1ccc(O)cc1. The number of carbonyl (C=O) groups excluding carboxylic acids is 1. The molecule has 1 N–H and O–H groups in total. The minimum absolute atomic E-state index is 0.00427. The van der Waals surface area contributed by atoms with Crippen molar-refractivity contribution < 1.29 is 19.6 Å². The van der Waals surface area contributed by atoms with Crippen LogP contribution in [0.5, 0.6) is 5.75 Å². The number of phenols is 1. The molecule has 30 heavy (non-hydrogen) atoms. The van der Waals surface area contributed by atoms with Crippen molar-refractivity contribution in [3.63, 3.8) is 0 Å². The number of rotatable bonds is 5. The average molecular weight is 405 g/mol. The number of nitro groups is 1. The summed E-state index contributed by atoms with van der Waals surface area (Å²) >= 11 is 0. The molecule has 3 aromatic rings. The summed E-state index contributed by atoms with van der Waals surface area (Å²) in [5.74, 6) is -0.121. The van der Waals surface area contributed by atoms with Gasteiger partial charge in [0.15, 0.2) is 5.78 Å². The summed E-state index contributed by atoms with van der Waals surface area (Å²) in [5, 5.41) is 21.3. The van der Waals surface area contributed by atoms with Crippen LogP contribution < -0.4 is 4.90 Å². The highest BCUT2D eigenvalue weighted by Gasteiger charge is 2.18. The second kappa shape index (κ2) is 8.30. The van der Waals surface area contributed by atoms with Crippen LogP contribution >= 0.6 is 0 Å². The highest BCUT2D eigenvalue weighted by molar-refractivity contribution is 6.07. The number of aromatic nitrogens is 1. The molecule has 4 rings (SSSR count). The summed E-state index contributed by atoms with van der Waals surface area (Å²) in [6, 6.07) is 12.4. The van der Waals surface area contributed by atoms with E-state index in [0.29, 0.717) is 48.5 Å². The summed E-state index contributed by atoms with van der Waals surface area (Å²) in [5.41, 5.74) is 2.47. The third-order valence-electron chi connectivity index (χ3n) is 4.91. The van der Waals surface area contributed by atoms with E-state index in [1.54, 1.807) is 24.3 Å². The smallest absolute Gasteiger partial charge is 0.270 e. The van der Waals surface area contributed by atoms with Gasteiger partial charge in [-0.1, -0.05) is 0 Å². The first-order chi connectivity index (χ1) is 14.5. The highest BCUT2D eigenvalue weighted by Crippen LogP contribution is 2.31. The van der Waals surface area contributed by atoms with E-state index in [2.05, 4.69) is 9.88 Å². The zero-order valence-corrected chi connectivity index (χ0v) is 16.0. The Morgan fingerprint density at radius 1 is 1.13 bits per heavy atom. The molecular weight excluding hydrogens is 386 g/mol. The average Bonchev–Trinajstić information content (AvgIpc) is 2.77. The molecule has 2 aromatic carbocycles. The minimum Gasteiger partial charge on any atom is -0.508 e. The van der Waals surface area contributed by atoms with E-state index in [1.165, 1.54) is 30.3 Å². The third kappa shape index (κ3) is 4.13. The first-order valence-electron chi connectivity index (χ1n) is 9.44. The zero-order valence-electron chi connectivity index (χ0n) is 16.0. The van der Waals surface area contributed by atoms with Crippen LogP contribution in [0.25, 0.3) is 17.0 Å². The fourth-order valence-corrected chi connectivity index (χ4v) is 3.36. The normalized spacial score (nSPS) is 14.3. The standard InChI is InChI=1S/C22H19N3O5/c26-18-5-1-15(2-6-18)22(27)8-3-16-13-21(24-9-11-30-12-10-24)19-14-17(25(28)29)4-7-20(19)23-16/h1-8,13-14,26H,9-12H2/b8-3+. The lowest BCUT2D eigenvalue weighted by Crippen LogP contribution is -2.36. The Balaban J connectivity index is 1.72. The maximum Gasteiger partial charge on any atom is 0.270 e. The van der Waals surface area contributed by atoms with Gasteiger partial charge in [0.05, 0.1) is 29.3 Å². The molecule has 8 nitrogen and oxygen atoms in total. The van der Waals surface area contributed by atoms with Gasteiger partial charge in [0.1, 0.15) is 5.75 Å². The number of hydrogen-bond acceptors (Lipinski definition) is 7. The van der Waals surface area contributed by atoms with Gasteiger partial charge in [-0.25, -0.2) is 4.98 Å². The molecule has 0 saturated carbocycles. The van der Waals surface area contributed by atoms with Crippen LogP contribution in [0.3, 0.4) is 0 Å². The van der Waals surface area contributed by atoms with Gasteiger partial charge < -0.3 is 14.7 Å². The number of non-ortho nitro benzene ring substituents is 1. The van der Waals surface area contributed by atoms with Gasteiger partial charge in [0.2, 0.25) is 0 Å². The lowest BCUT2D eigenvalue weighted by Gasteiger charge is -2.30. The summed E-state index contributed by atoms with van der Waals surface area (Å²) in [7, 11) is 0. The van der Waals surface area contributed by atoms with E-state index >= 15 is 0 Å². The van der Waals surface area contributed by atoms with Crippen molar-refractivity contribution in [2.45, 2.75) is 0 Å². The summed E-state index contributed by atoms with van der Waals surface area (Å²) in [6.07, 6.45) is 3.05. The molecule has 1 aromatic heterocycles. The topological polar surface area (TPSA) is 106 Å². The van der Waals surface area contributed by atoms with E-state index in [1.807, 2.05) is 6.07 Å². The van der Waals surface area contributed by atoms with Crippen LogP contribution in [-0.4, -0.2) is 47.1 Å². The van der Waals surface area contributed by atoms with Crippen molar-refractivity contribution in [3.8, 4) is 5.75 Å². The number of nitro benzene ring substituents is 1. The number of ether oxygens (including phenoxy) is 1. The van der Waals surface area contributed by atoms with E-state index in [9.17, 15) is 20.0 Å². The van der Waals surface area contributed by atoms with Crippen molar-refractivity contribution in [1.29, 1.82) is 0 Å². The monoisotopic (exact) mass is 405 g/mol. The van der Waals surface area contributed by atoms with E-state index in [-0.39, 0.29) is 17.2 Å². The van der Waals surface area contributed by atoms with Gasteiger partial charge in [-0.15, -0.1) is 0 Å². The van der Waals surface area contributed by atoms with Crippen molar-refractivity contribution in [2.75, 3.05) is 31.2 Å². The Morgan fingerprint density at radius 3 is 2.57 bits per heavy atom. The molecule has 0 radical (unpaired) electrons. The van der Waals surface area contributed by atoms with Crippen LogP contribution in [0, 0.1) is 10.1 Å². The van der Waals surface area contributed by atoms with E-state index in [0.717, 1.165) is 5.69 Å². The zero-order chi connectivity index (χ0) is 21.1. The molecule has 8 heteroatoms. The van der Waals surface area contributed by atoms with E-state index < -0.39 is 4.92 Å². The van der Waals surface area contributed by atoms with Gasteiger partial charge in [0, 0.05) is 41.9 Å². The Labute approximate surface area is 172 Å². The van der Waals surface area contributed by atoms with Crippen molar-refractivity contribution >= 4 is 34.1 Å². The highest BCUT2D eigenvalue weighted by atomic mass is 16.6. The number of aromatic hydroxyl groups is 1. The molecule has 1 aliphatic heterocycles. The molecule has 0 aliphatic carbocycles. The van der Waals surface area contributed by atoms with Gasteiger partial charge in [-0.05, 0) is 48.6 Å². The van der Waals surface area contributed by atoms with Crippen LogP contribution in [0.1, 0.15) is 16.1 Å². The number of anilines is 1. The van der Waals surface area contributed by atoms with Crippen LogP contribution in [0.4, 0.5) is 11.4 Å². The summed E-state index contributed by atoms with van der Waals surface area (Å²) in [6.45, 7) is 2.47. The number of morpholine rings is 1. The molecule has 2 heterocycles. The second-order valence-corrected chi connectivity index (χ2v) is 6.87. The number of ketones is 1. The second-order valence-electron chi connectivity index (χ2n) is 6.87. The van der Waals surface area contributed by atoms with Crippen LogP contribution in [-0.2, 0) is 4.74 Å². The number of pyridine rings is 1. The fourth-order valence-electron chi connectivity index (χ4n) is 3.36. The fraction of sp³-hybridized carbons (Fsp3) is 0.182. The minimum atomic E-state index is -0.424. The molecule has 0 spiro atoms. The summed E-state index contributed by atoms with van der Waals surface area (Å²) < 4.78 is 5.42. The van der Waals surface area contributed by atoms with Gasteiger partial charge in [-0.2, -0.15) is 0 Å². The Bertz CT molecular complexity index is 1140. The molecule has 0 bridgehead atoms. The number of allylic oxidation sites excluding steroid dienone is 1. The molecule has 1 saturated heterocycles. The maximum absolute atomic E-state index is 12.4. The lowest BCUT2D eigenvalue weighted by atomic mass is 10.1. The van der Waals surface area contributed by atoms with Gasteiger partial charge >= 0.3 is 0 Å². The number of nitrogens with zero attached hydrogens (tertiary/aromatic N) is 3. The predicted octanol–water partition coefficient (Wildman–Crippen LogP) is 3.58. The van der Waals surface area contributed by atoms with Crippen molar-refractivity contribution in [2.24, 2.45) is 0 Å². The Hall–Kier alpha value is -3.78. The molecule has 1 fully saturated rings. The Morgan fingerprint density at radius 2 is 1.87 bits per heavy atom. The number of benzene rings is 2. The first-order valence-corrected chi connectivity index (χ1v) is 9.44. The Kier molecular flexibility index (Phi) is 5.40. The van der Waals surface area contributed by atoms with Crippen molar-refractivity contribution in [1.82, 2.24) is 4.98 Å². The number of fused-ring (bicyclic) bond motifs is 1. The van der Waals surface area contributed by atoms with Crippen LogP contribution in [0.2, 0.25) is 0 Å². The number of hydrogen-bond donors (Lipinski definition) is 1. The quantitative estimate of drug-likeness (QED) is 0.299. The van der Waals surface area contributed by atoms with Crippen molar-refractivity contribution in [3.05, 3.63) is 76.0 Å². The molecular formula is C22H19N3O5. The molecule has 152 valence electrons. The van der Waals surface area contributed by atoms with E-state index in [4.69, 9.17) is 4.74 Å². The number of phenolic OH excluding ortho intramolecular Hbond substituents is 1. The lowest BCUT2D eigenvalue weighted by molar-refractivity contribution is -0.384. The van der Waals surface area contributed by atoms with Gasteiger partial charge in [-0.3, -0.25) is 14.9 Å². The molecule has 0 atom stereocenters. The first kappa shape index (κ1) is 19.5. The molecule has 1 aliphatic rings. The third-order valence-corrected chi connectivity index (χ3v) is 4.91.